The van der Waals surface area contributed by atoms with E-state index in [-0.39, 0.29) is 0 Å². The van der Waals surface area contributed by atoms with Gasteiger partial charge in [0.1, 0.15) is 0 Å². The fraction of sp³-hybridized carbons (Fsp3) is 1.00. The van der Waals surface area contributed by atoms with Crippen LogP contribution in [0.3, 0.4) is 0 Å². The van der Waals surface area contributed by atoms with Crippen molar-refractivity contribution in [2.45, 2.75) is 0 Å². The van der Waals surface area contributed by atoms with E-state index < -0.39 is 0 Å². The van der Waals surface area contributed by atoms with Crippen molar-refractivity contribution >= 4 is 0 Å². The molecule has 1 N–H and O–H groups in total. The Kier molecular flexibility index (Phi) is 9.80. The van der Waals surface area contributed by atoms with Gasteiger partial charge in [-0.3, -0.25) is 0 Å². The maximum atomic E-state index is 5.34. The molecule has 13 heavy (non-hydrogen) atoms. The summed E-state index contributed by atoms with van der Waals surface area (Å²) in [6, 6.07) is 0. The largest absolute Gasteiger partial charge is 0.382 e. The van der Waals surface area contributed by atoms with Gasteiger partial charge in [0.15, 0.2) is 0 Å². The minimum absolute atomic E-state index is 0.681. The molecule has 0 aromatic carbocycles. The van der Waals surface area contributed by atoms with Crippen molar-refractivity contribution in [3.05, 3.63) is 0 Å². The molecule has 0 aromatic heterocycles. The van der Waals surface area contributed by atoms with E-state index in [1.54, 1.807) is 7.11 Å². The number of hydrogen-bond donors (Lipinski definition) is 1. The monoisotopic (exact) mass is 190 g/mol. The van der Waals surface area contributed by atoms with Gasteiger partial charge in [0.25, 0.3) is 0 Å². The molecule has 4 heteroatoms. The van der Waals surface area contributed by atoms with Crippen molar-refractivity contribution < 1.29 is 9.47 Å². The molecule has 0 spiro atoms. The highest BCUT2D eigenvalue weighted by atomic mass is 16.5. The number of nitrogens with one attached hydrogen (secondary N) is 1. The van der Waals surface area contributed by atoms with E-state index in [4.69, 9.17) is 9.47 Å². The summed E-state index contributed by atoms with van der Waals surface area (Å²) in [6.07, 6.45) is 0. The summed E-state index contributed by atoms with van der Waals surface area (Å²) < 4.78 is 10.2. The highest BCUT2D eigenvalue weighted by Gasteiger charge is 1.96. The van der Waals surface area contributed by atoms with Crippen LogP contribution in [0, 0.1) is 0 Å². The summed E-state index contributed by atoms with van der Waals surface area (Å²) in [5, 5.41) is 3.11. The highest BCUT2D eigenvalue weighted by molar-refractivity contribution is 4.51. The van der Waals surface area contributed by atoms with E-state index >= 15 is 0 Å². The number of hydrogen-bond acceptors (Lipinski definition) is 4. The maximum Gasteiger partial charge on any atom is 0.0700 e. The molecule has 0 bridgehead atoms. The number of rotatable bonds is 9. The molecule has 0 aliphatic rings. The third-order valence-electron chi connectivity index (χ3n) is 1.79. The smallest absolute Gasteiger partial charge is 0.0700 e. The fourth-order valence-electron chi connectivity index (χ4n) is 0.879. The molecule has 80 valence electrons. The van der Waals surface area contributed by atoms with E-state index in [1.165, 1.54) is 0 Å². The van der Waals surface area contributed by atoms with E-state index in [0.717, 1.165) is 26.2 Å². The zero-order valence-corrected chi connectivity index (χ0v) is 9.01. The first-order chi connectivity index (χ1) is 6.31. The van der Waals surface area contributed by atoms with E-state index in [1.807, 2.05) is 7.05 Å². The number of nitrogens with zero attached hydrogens (tertiary/aromatic N) is 1. The second-order valence-corrected chi connectivity index (χ2v) is 3.01. The van der Waals surface area contributed by atoms with Crippen LogP contribution in [-0.4, -0.2) is 65.6 Å². The zero-order valence-electron chi connectivity index (χ0n) is 9.01. The minimum Gasteiger partial charge on any atom is -0.382 e. The van der Waals surface area contributed by atoms with Gasteiger partial charge in [-0.1, -0.05) is 0 Å². The lowest BCUT2D eigenvalue weighted by Crippen LogP contribution is -2.30. The molecule has 0 unspecified atom stereocenters. The van der Waals surface area contributed by atoms with Crippen LogP contribution in [0.25, 0.3) is 0 Å². The maximum absolute atomic E-state index is 5.34. The standard InChI is InChI=1S/C9H22N2O2/c1-10-4-5-11(2)6-7-13-9-8-12-3/h10H,4-9H2,1-3H3. The van der Waals surface area contributed by atoms with Gasteiger partial charge < -0.3 is 19.7 Å². The third kappa shape index (κ3) is 9.76. The lowest BCUT2D eigenvalue weighted by Gasteiger charge is -2.15. The zero-order chi connectivity index (χ0) is 9.94. The Morgan fingerprint density at radius 1 is 1.15 bits per heavy atom. The molecule has 0 rings (SSSR count). The summed E-state index contributed by atoms with van der Waals surface area (Å²) >= 11 is 0. The van der Waals surface area contributed by atoms with Gasteiger partial charge in [0.2, 0.25) is 0 Å². The van der Waals surface area contributed by atoms with Crippen LogP contribution < -0.4 is 5.32 Å². The molecule has 0 fully saturated rings. The van der Waals surface area contributed by atoms with Crippen LogP contribution in [0.4, 0.5) is 0 Å². The molecule has 0 radical (unpaired) electrons. The molecule has 4 nitrogen and oxygen atoms in total. The van der Waals surface area contributed by atoms with Gasteiger partial charge in [-0.25, -0.2) is 0 Å². The van der Waals surface area contributed by atoms with Crippen LogP contribution >= 0.6 is 0 Å². The van der Waals surface area contributed by atoms with Gasteiger partial charge in [-0.05, 0) is 14.1 Å². The average molecular weight is 190 g/mol. The van der Waals surface area contributed by atoms with Gasteiger partial charge in [0, 0.05) is 26.7 Å². The topological polar surface area (TPSA) is 33.7 Å². The molecular weight excluding hydrogens is 168 g/mol. The van der Waals surface area contributed by atoms with Gasteiger partial charge >= 0.3 is 0 Å². The predicted octanol–water partition coefficient (Wildman–Crippen LogP) is -0.199. The van der Waals surface area contributed by atoms with Crippen molar-refractivity contribution in [3.8, 4) is 0 Å². The molecule has 0 heterocycles. The first kappa shape index (κ1) is 12.8. The van der Waals surface area contributed by atoms with Gasteiger partial charge in [-0.2, -0.15) is 0 Å². The Hall–Kier alpha value is -0.160. The molecule has 0 amide bonds. The van der Waals surface area contributed by atoms with Crippen LogP contribution in [0.1, 0.15) is 0 Å². The van der Waals surface area contributed by atoms with E-state index in [2.05, 4.69) is 17.3 Å². The van der Waals surface area contributed by atoms with E-state index in [0.29, 0.717) is 13.2 Å². The molecule has 0 atom stereocenters. The summed E-state index contributed by atoms with van der Waals surface area (Å²) in [5.41, 5.74) is 0. The van der Waals surface area contributed by atoms with Crippen LogP contribution in [-0.2, 0) is 9.47 Å². The third-order valence-corrected chi connectivity index (χ3v) is 1.79. The van der Waals surface area contributed by atoms with E-state index in [9.17, 15) is 0 Å². The van der Waals surface area contributed by atoms with Crippen molar-refractivity contribution in [2.24, 2.45) is 0 Å². The predicted molar refractivity (Wildman–Crippen MR) is 54.1 cm³/mol. The normalized spacial score (nSPS) is 11.1. The van der Waals surface area contributed by atoms with Crippen molar-refractivity contribution in [1.29, 1.82) is 0 Å². The Balaban J connectivity index is 3.03. The summed E-state index contributed by atoms with van der Waals surface area (Å²) in [4.78, 5) is 2.24. The number of ether oxygens (including phenoxy) is 2. The molecule has 0 aliphatic heterocycles. The molecule has 0 saturated heterocycles. The second kappa shape index (κ2) is 9.92. The quantitative estimate of drug-likeness (QED) is 0.511. The fourth-order valence-corrected chi connectivity index (χ4v) is 0.879. The summed E-state index contributed by atoms with van der Waals surface area (Å²) in [5.74, 6) is 0. The number of methoxy groups -OCH3 is 1. The highest BCUT2D eigenvalue weighted by Crippen LogP contribution is 1.82. The lowest BCUT2D eigenvalue weighted by molar-refractivity contribution is 0.0608. The lowest BCUT2D eigenvalue weighted by atomic mass is 10.5. The average Bonchev–Trinajstić information content (AvgIpc) is 2.14. The molecular formula is C9H22N2O2. The molecule has 0 aromatic rings. The SMILES string of the molecule is CNCCN(C)CCOCCOC. The van der Waals surface area contributed by atoms with Crippen LogP contribution in [0.2, 0.25) is 0 Å². The Morgan fingerprint density at radius 3 is 2.54 bits per heavy atom. The van der Waals surface area contributed by atoms with Crippen molar-refractivity contribution in [1.82, 2.24) is 10.2 Å². The second-order valence-electron chi connectivity index (χ2n) is 3.01. The Morgan fingerprint density at radius 2 is 1.92 bits per heavy atom. The van der Waals surface area contributed by atoms with Crippen LogP contribution in [0.5, 0.6) is 0 Å². The molecule has 0 saturated carbocycles. The van der Waals surface area contributed by atoms with Crippen molar-refractivity contribution in [3.63, 3.8) is 0 Å². The Bertz CT molecular complexity index is 102. The number of likely N-dealkylation sites (N-methyl/N-ethyl adjacent to an activating group) is 2. The van der Waals surface area contributed by atoms with Gasteiger partial charge in [0.05, 0.1) is 19.8 Å². The summed E-state index contributed by atoms with van der Waals surface area (Å²) in [6.45, 7) is 5.21. The first-order valence-corrected chi connectivity index (χ1v) is 4.71. The molecule has 0 aliphatic carbocycles. The van der Waals surface area contributed by atoms with Crippen LogP contribution in [0.15, 0.2) is 0 Å². The summed E-state index contributed by atoms with van der Waals surface area (Å²) in [7, 11) is 5.74. The Labute approximate surface area is 81.2 Å². The van der Waals surface area contributed by atoms with Gasteiger partial charge in [-0.15, -0.1) is 0 Å². The van der Waals surface area contributed by atoms with Crippen molar-refractivity contribution in [2.75, 3.05) is 60.7 Å². The minimum atomic E-state index is 0.681. The first-order valence-electron chi connectivity index (χ1n) is 4.71.